The molecule has 0 bridgehead atoms. The molecule has 7 nitrogen and oxygen atoms in total. The summed E-state index contributed by atoms with van der Waals surface area (Å²) >= 11 is 0. The van der Waals surface area contributed by atoms with Crippen LogP contribution in [0.3, 0.4) is 0 Å². The fourth-order valence-corrected chi connectivity index (χ4v) is 5.10. The molecule has 0 N–H and O–H groups in total. The van der Waals surface area contributed by atoms with Gasteiger partial charge in [-0.2, -0.15) is 0 Å². The maximum atomic E-state index is 14.5. The molecule has 1 saturated heterocycles. The maximum Gasteiger partial charge on any atom is 0.417 e. The Labute approximate surface area is 212 Å². The number of halogens is 2. The molecule has 37 heavy (non-hydrogen) atoms. The van der Waals surface area contributed by atoms with Crippen molar-refractivity contribution in [2.45, 2.75) is 52.0 Å². The molecule has 5 rings (SSSR count). The van der Waals surface area contributed by atoms with E-state index < -0.39 is 59.0 Å². The van der Waals surface area contributed by atoms with E-state index >= 15 is 0 Å². The molecular formula is C28H26F2N2O5. The Hall–Kier alpha value is -4.01. The lowest BCUT2D eigenvalue weighted by Crippen LogP contribution is -2.39. The van der Waals surface area contributed by atoms with Gasteiger partial charge in [0.2, 0.25) is 0 Å². The highest BCUT2D eigenvalue weighted by molar-refractivity contribution is 6.09. The first kappa shape index (κ1) is 24.7. The van der Waals surface area contributed by atoms with E-state index in [1.165, 1.54) is 25.3 Å². The fourth-order valence-electron chi connectivity index (χ4n) is 5.10. The van der Waals surface area contributed by atoms with Crippen LogP contribution < -0.4 is 4.90 Å². The summed E-state index contributed by atoms with van der Waals surface area (Å²) in [6.07, 6.45) is 1.17. The van der Waals surface area contributed by atoms with Crippen molar-refractivity contribution < 1.29 is 32.6 Å². The van der Waals surface area contributed by atoms with Crippen molar-refractivity contribution in [3.63, 3.8) is 0 Å². The van der Waals surface area contributed by atoms with Crippen LogP contribution in [-0.2, 0) is 25.5 Å². The summed E-state index contributed by atoms with van der Waals surface area (Å²) in [5.41, 5.74) is 0.938. The third-order valence-corrected chi connectivity index (χ3v) is 6.64. The van der Waals surface area contributed by atoms with Crippen molar-refractivity contribution in [3.8, 4) is 0 Å². The van der Waals surface area contributed by atoms with Gasteiger partial charge in [0.15, 0.2) is 6.23 Å². The van der Waals surface area contributed by atoms with Crippen LogP contribution in [0.5, 0.6) is 0 Å². The second-order valence-corrected chi connectivity index (χ2v) is 10.3. The van der Waals surface area contributed by atoms with Crippen molar-refractivity contribution >= 4 is 23.6 Å². The van der Waals surface area contributed by atoms with Crippen molar-refractivity contribution in [2.75, 3.05) is 4.90 Å². The van der Waals surface area contributed by atoms with Crippen LogP contribution in [0.15, 0.2) is 65.9 Å². The number of fused-ring (bicyclic) bond motifs is 3. The molecule has 3 atom stereocenters. The van der Waals surface area contributed by atoms with Crippen molar-refractivity contribution in [1.82, 2.24) is 4.90 Å². The first-order chi connectivity index (χ1) is 17.5. The summed E-state index contributed by atoms with van der Waals surface area (Å²) in [5, 5.41) is 0. The number of carbonyl (C=O) groups excluding carboxylic acids is 3. The Kier molecular flexibility index (Phi) is 5.89. The highest BCUT2D eigenvalue weighted by Gasteiger charge is 2.53. The zero-order chi connectivity index (χ0) is 26.6. The number of benzene rings is 2. The number of ether oxygens (including phenoxy) is 2. The van der Waals surface area contributed by atoms with E-state index in [2.05, 4.69) is 0 Å². The number of nitrogens with zero attached hydrogens (tertiary/aromatic N) is 2. The van der Waals surface area contributed by atoms with Gasteiger partial charge in [-0.05, 0) is 63.5 Å². The fraction of sp³-hybridized carbons (Fsp3) is 0.321. The largest absolute Gasteiger partial charge is 0.474 e. The SMILES string of the molecule is CC1=CC(OC=C2C(=O)N(C(=O)OC(C)(C)C)C3c4ccccc4CC23)N(c2c(F)cccc2F)C1=O. The van der Waals surface area contributed by atoms with Gasteiger partial charge in [0.05, 0.1) is 17.9 Å². The van der Waals surface area contributed by atoms with E-state index in [1.54, 1.807) is 20.8 Å². The Morgan fingerprint density at radius 3 is 2.38 bits per heavy atom. The molecule has 0 aromatic heterocycles. The van der Waals surface area contributed by atoms with E-state index in [0.29, 0.717) is 6.42 Å². The average Bonchev–Trinajstić information content (AvgIpc) is 3.40. The van der Waals surface area contributed by atoms with Gasteiger partial charge >= 0.3 is 6.09 Å². The van der Waals surface area contributed by atoms with Crippen molar-refractivity contribution in [2.24, 2.45) is 5.92 Å². The summed E-state index contributed by atoms with van der Waals surface area (Å²) in [6, 6.07) is 10.3. The minimum Gasteiger partial charge on any atom is -0.474 e. The first-order valence-corrected chi connectivity index (χ1v) is 11.9. The van der Waals surface area contributed by atoms with Crippen LogP contribution in [0.25, 0.3) is 0 Å². The Morgan fingerprint density at radius 1 is 1.03 bits per heavy atom. The summed E-state index contributed by atoms with van der Waals surface area (Å²) in [4.78, 5) is 41.4. The molecule has 2 aromatic rings. The number of hydrogen-bond donors (Lipinski definition) is 0. The van der Waals surface area contributed by atoms with Crippen molar-refractivity contribution in [1.29, 1.82) is 0 Å². The van der Waals surface area contributed by atoms with E-state index in [0.717, 1.165) is 33.1 Å². The Balaban J connectivity index is 1.50. The topological polar surface area (TPSA) is 76.2 Å². The van der Waals surface area contributed by atoms with E-state index in [9.17, 15) is 23.2 Å². The molecule has 2 aliphatic heterocycles. The van der Waals surface area contributed by atoms with Crippen LogP contribution in [0.1, 0.15) is 44.9 Å². The second-order valence-electron chi connectivity index (χ2n) is 10.3. The summed E-state index contributed by atoms with van der Waals surface area (Å²) in [5.74, 6) is -3.44. The molecule has 192 valence electrons. The zero-order valence-corrected chi connectivity index (χ0v) is 20.8. The summed E-state index contributed by atoms with van der Waals surface area (Å²) in [7, 11) is 0. The predicted octanol–water partition coefficient (Wildman–Crippen LogP) is 5.18. The molecule has 0 radical (unpaired) electrons. The lowest BCUT2D eigenvalue weighted by molar-refractivity contribution is -0.125. The number of hydrogen-bond acceptors (Lipinski definition) is 5. The smallest absolute Gasteiger partial charge is 0.417 e. The molecule has 0 saturated carbocycles. The minimum absolute atomic E-state index is 0.214. The number of para-hydroxylation sites is 1. The van der Waals surface area contributed by atoms with E-state index in [-0.39, 0.29) is 11.1 Å². The quantitative estimate of drug-likeness (QED) is 0.422. The molecule has 3 unspecified atom stereocenters. The zero-order valence-electron chi connectivity index (χ0n) is 20.8. The molecule has 9 heteroatoms. The average molecular weight is 509 g/mol. The minimum atomic E-state index is -1.18. The molecule has 3 aliphatic rings. The Bertz CT molecular complexity index is 1360. The molecule has 0 spiro atoms. The first-order valence-electron chi connectivity index (χ1n) is 11.9. The highest BCUT2D eigenvalue weighted by Crippen LogP contribution is 2.50. The van der Waals surface area contributed by atoms with Crippen LogP contribution >= 0.6 is 0 Å². The number of likely N-dealkylation sites (tertiary alicyclic amines) is 1. The van der Waals surface area contributed by atoms with Crippen LogP contribution in [-0.4, -0.2) is 34.6 Å². The molecule has 1 aliphatic carbocycles. The Morgan fingerprint density at radius 2 is 1.70 bits per heavy atom. The molecule has 2 aromatic carbocycles. The van der Waals surface area contributed by atoms with Gasteiger partial charge in [-0.3, -0.25) is 14.5 Å². The van der Waals surface area contributed by atoms with Crippen LogP contribution in [0.4, 0.5) is 19.3 Å². The summed E-state index contributed by atoms with van der Waals surface area (Å²) < 4.78 is 40.5. The third kappa shape index (κ3) is 4.18. The van der Waals surface area contributed by atoms with Crippen molar-refractivity contribution in [3.05, 3.63) is 88.7 Å². The lowest BCUT2D eigenvalue weighted by Gasteiger charge is -2.27. The predicted molar refractivity (Wildman–Crippen MR) is 130 cm³/mol. The van der Waals surface area contributed by atoms with Gasteiger partial charge < -0.3 is 9.47 Å². The number of rotatable bonds is 3. The molecule has 1 fully saturated rings. The van der Waals surface area contributed by atoms with E-state index in [1.807, 2.05) is 24.3 Å². The molecular weight excluding hydrogens is 482 g/mol. The number of imide groups is 1. The number of carbonyl (C=O) groups is 3. The van der Waals surface area contributed by atoms with Gasteiger partial charge in [-0.15, -0.1) is 0 Å². The number of amides is 3. The third-order valence-electron chi connectivity index (χ3n) is 6.64. The van der Waals surface area contributed by atoms with Gasteiger partial charge in [0.25, 0.3) is 11.8 Å². The normalized spacial score (nSPS) is 23.9. The van der Waals surface area contributed by atoms with Crippen LogP contribution in [0, 0.1) is 17.6 Å². The standard InChI is InChI=1S/C28H26F2N2O5/c1-15-12-22(31(25(15)33)24-20(29)10-7-11-21(24)30)36-14-19-18-13-16-8-5-6-9-17(16)23(18)32(26(19)34)27(35)37-28(2,3)4/h5-12,14,18,22-23H,13H2,1-4H3. The lowest BCUT2D eigenvalue weighted by atomic mass is 9.97. The van der Waals surface area contributed by atoms with Gasteiger partial charge in [-0.1, -0.05) is 30.3 Å². The number of anilines is 1. The van der Waals surface area contributed by atoms with Gasteiger partial charge in [0.1, 0.15) is 22.9 Å². The molecule has 3 amide bonds. The van der Waals surface area contributed by atoms with Gasteiger partial charge in [-0.25, -0.2) is 18.5 Å². The monoisotopic (exact) mass is 508 g/mol. The second kappa shape index (κ2) is 8.83. The van der Waals surface area contributed by atoms with E-state index in [4.69, 9.17) is 9.47 Å². The van der Waals surface area contributed by atoms with Crippen LogP contribution in [0.2, 0.25) is 0 Å². The summed E-state index contributed by atoms with van der Waals surface area (Å²) in [6.45, 7) is 6.66. The van der Waals surface area contributed by atoms with Gasteiger partial charge in [0, 0.05) is 11.5 Å². The maximum absolute atomic E-state index is 14.5. The highest BCUT2D eigenvalue weighted by atomic mass is 19.1. The molecule has 2 heterocycles.